The molecule has 0 aromatic carbocycles. The predicted molar refractivity (Wildman–Crippen MR) is 77.8 cm³/mol. The first-order chi connectivity index (χ1) is 9.32. The fourth-order valence-electron chi connectivity index (χ4n) is 2.81. The molecule has 1 saturated heterocycles. The van der Waals surface area contributed by atoms with Crippen LogP contribution in [-0.4, -0.2) is 23.3 Å². The van der Waals surface area contributed by atoms with Crippen molar-refractivity contribution in [3.05, 3.63) is 29.2 Å². The van der Waals surface area contributed by atoms with Crippen LogP contribution in [0.4, 0.5) is 4.39 Å². The van der Waals surface area contributed by atoms with E-state index >= 15 is 0 Å². The van der Waals surface area contributed by atoms with Gasteiger partial charge in [0.25, 0.3) is 0 Å². The number of aromatic amines is 1. The van der Waals surface area contributed by atoms with Crippen LogP contribution in [-0.2, 0) is 15.7 Å². The summed E-state index contributed by atoms with van der Waals surface area (Å²) in [6.45, 7) is 7.75. The van der Waals surface area contributed by atoms with Gasteiger partial charge in [-0.05, 0) is 58.6 Å². The molecule has 0 unspecified atom stereocenters. The Labute approximate surface area is 119 Å². The lowest BCUT2D eigenvalue weighted by Gasteiger charge is -2.32. The summed E-state index contributed by atoms with van der Waals surface area (Å²) >= 11 is 0. The molecule has 3 nitrogen and oxygen atoms in total. The van der Waals surface area contributed by atoms with Crippen molar-refractivity contribution >= 4 is 12.7 Å². The van der Waals surface area contributed by atoms with E-state index in [0.29, 0.717) is 0 Å². The van der Waals surface area contributed by atoms with E-state index in [2.05, 4.69) is 4.98 Å². The van der Waals surface area contributed by atoms with Gasteiger partial charge in [-0.15, -0.1) is 0 Å². The van der Waals surface area contributed by atoms with E-state index in [1.165, 1.54) is 0 Å². The van der Waals surface area contributed by atoms with Crippen molar-refractivity contribution in [2.24, 2.45) is 0 Å². The number of aromatic nitrogens is 1. The fraction of sp³-hybridized carbons (Fsp3) is 0.600. The van der Waals surface area contributed by atoms with Gasteiger partial charge in [0.15, 0.2) is 0 Å². The minimum atomic E-state index is -0.893. The maximum atomic E-state index is 14.9. The van der Waals surface area contributed by atoms with Crippen molar-refractivity contribution in [1.29, 1.82) is 0 Å². The Bertz CT molecular complexity index is 546. The summed E-state index contributed by atoms with van der Waals surface area (Å²) in [5, 5.41) is 0. The standard InChI is InChI=1S/C15H21BFNO2/c1-14(2)15(3,4)20-16(19-14)13(17)11-6-5-7-12-10(11)8-9-18-12/h8-9,18H,5-7H2,1-4H3. The minimum absolute atomic E-state index is 0.274. The molecule has 1 N–H and O–H groups in total. The van der Waals surface area contributed by atoms with E-state index in [-0.39, 0.29) is 5.73 Å². The van der Waals surface area contributed by atoms with E-state index in [1.807, 2.05) is 40.0 Å². The Morgan fingerprint density at radius 3 is 2.50 bits per heavy atom. The molecule has 0 bridgehead atoms. The summed E-state index contributed by atoms with van der Waals surface area (Å²) in [6.07, 6.45) is 4.53. The second-order valence-corrected chi connectivity index (χ2v) is 6.64. The van der Waals surface area contributed by atoms with Crippen LogP contribution in [0.2, 0.25) is 0 Å². The molecule has 108 valence electrons. The molecule has 0 spiro atoms. The number of fused-ring (bicyclic) bond motifs is 1. The van der Waals surface area contributed by atoms with Gasteiger partial charge in [0.2, 0.25) is 0 Å². The summed E-state index contributed by atoms with van der Waals surface area (Å²) < 4.78 is 26.5. The minimum Gasteiger partial charge on any atom is -0.398 e. The van der Waals surface area contributed by atoms with Crippen molar-refractivity contribution in [2.45, 2.75) is 58.2 Å². The number of hydrogen-bond donors (Lipinski definition) is 1. The number of allylic oxidation sites excluding steroid dienone is 1. The summed E-state index contributed by atoms with van der Waals surface area (Å²) in [6, 6.07) is 1.94. The molecule has 1 fully saturated rings. The van der Waals surface area contributed by atoms with Gasteiger partial charge in [-0.2, -0.15) is 0 Å². The molecule has 5 heteroatoms. The average Bonchev–Trinajstić information content (AvgIpc) is 2.91. The van der Waals surface area contributed by atoms with Crippen LogP contribution in [0.5, 0.6) is 0 Å². The third-order valence-corrected chi connectivity index (χ3v) is 4.76. The largest absolute Gasteiger partial charge is 0.525 e. The molecule has 1 aliphatic heterocycles. The summed E-state index contributed by atoms with van der Waals surface area (Å²) in [5.74, 6) is 0. The van der Waals surface area contributed by atoms with Crippen LogP contribution in [0.25, 0.3) is 5.57 Å². The normalized spacial score (nSPS) is 26.6. The van der Waals surface area contributed by atoms with Crippen LogP contribution in [0.1, 0.15) is 51.8 Å². The highest BCUT2D eigenvalue weighted by Crippen LogP contribution is 2.42. The molecule has 2 aliphatic rings. The van der Waals surface area contributed by atoms with E-state index < -0.39 is 18.3 Å². The van der Waals surface area contributed by atoms with Crippen molar-refractivity contribution in [3.8, 4) is 0 Å². The number of hydrogen-bond acceptors (Lipinski definition) is 2. The van der Waals surface area contributed by atoms with Gasteiger partial charge >= 0.3 is 7.12 Å². The second-order valence-electron chi connectivity index (χ2n) is 6.64. The lowest BCUT2D eigenvalue weighted by atomic mass is 9.79. The Morgan fingerprint density at radius 1 is 1.20 bits per heavy atom. The zero-order valence-electron chi connectivity index (χ0n) is 12.5. The number of nitrogens with one attached hydrogen (secondary N) is 1. The van der Waals surface area contributed by atoms with Gasteiger partial charge in [-0.1, -0.05) is 0 Å². The van der Waals surface area contributed by atoms with Crippen LogP contribution < -0.4 is 0 Å². The van der Waals surface area contributed by atoms with E-state index in [4.69, 9.17) is 9.31 Å². The number of halogens is 1. The smallest absolute Gasteiger partial charge is 0.398 e. The molecule has 3 rings (SSSR count). The third kappa shape index (κ3) is 2.04. The molecule has 1 aromatic heterocycles. The molecule has 0 radical (unpaired) electrons. The van der Waals surface area contributed by atoms with Gasteiger partial charge in [-0.25, -0.2) is 4.39 Å². The Hall–Kier alpha value is -1.07. The van der Waals surface area contributed by atoms with E-state index in [0.717, 1.165) is 36.1 Å². The SMILES string of the molecule is CC1(C)OB(C(F)=C2CCCc3[nH]ccc32)OC1(C)C. The lowest BCUT2D eigenvalue weighted by Crippen LogP contribution is -2.41. The summed E-state index contributed by atoms with van der Waals surface area (Å²) in [4.78, 5) is 3.18. The number of aryl methyl sites for hydroxylation is 1. The van der Waals surface area contributed by atoms with Gasteiger partial charge < -0.3 is 14.3 Å². The lowest BCUT2D eigenvalue weighted by molar-refractivity contribution is 0.00578. The molecule has 0 saturated carbocycles. The molecule has 1 aromatic rings. The zero-order valence-corrected chi connectivity index (χ0v) is 12.5. The molecular formula is C15H21BFNO2. The highest BCUT2D eigenvalue weighted by molar-refractivity contribution is 6.55. The zero-order chi connectivity index (χ0) is 14.5. The second kappa shape index (κ2) is 4.47. The summed E-state index contributed by atoms with van der Waals surface area (Å²) in [5.41, 5.74) is 1.52. The third-order valence-electron chi connectivity index (χ3n) is 4.76. The first-order valence-corrected chi connectivity index (χ1v) is 7.23. The summed E-state index contributed by atoms with van der Waals surface area (Å²) in [7, 11) is -0.893. The fourth-order valence-corrected chi connectivity index (χ4v) is 2.81. The molecule has 0 amide bonds. The Morgan fingerprint density at radius 2 is 1.85 bits per heavy atom. The first-order valence-electron chi connectivity index (χ1n) is 7.23. The number of rotatable bonds is 1. The van der Waals surface area contributed by atoms with E-state index in [1.54, 1.807) is 0 Å². The van der Waals surface area contributed by atoms with Gasteiger partial charge in [0.1, 0.15) is 5.73 Å². The van der Waals surface area contributed by atoms with Crippen LogP contribution in [0.15, 0.2) is 18.0 Å². The van der Waals surface area contributed by atoms with Crippen molar-refractivity contribution in [2.75, 3.05) is 0 Å². The molecule has 1 aliphatic carbocycles. The molecule has 2 heterocycles. The van der Waals surface area contributed by atoms with E-state index in [9.17, 15) is 4.39 Å². The van der Waals surface area contributed by atoms with Crippen molar-refractivity contribution in [3.63, 3.8) is 0 Å². The van der Waals surface area contributed by atoms with Crippen molar-refractivity contribution < 1.29 is 13.7 Å². The predicted octanol–water partition coefficient (Wildman–Crippen LogP) is 3.66. The molecular weight excluding hydrogens is 256 g/mol. The van der Waals surface area contributed by atoms with Crippen LogP contribution in [0.3, 0.4) is 0 Å². The van der Waals surface area contributed by atoms with Gasteiger partial charge in [-0.3, -0.25) is 0 Å². The number of H-pyrrole nitrogens is 1. The monoisotopic (exact) mass is 277 g/mol. The first kappa shape index (κ1) is 13.9. The highest BCUT2D eigenvalue weighted by atomic mass is 19.1. The molecule has 0 atom stereocenters. The van der Waals surface area contributed by atoms with Gasteiger partial charge in [0, 0.05) is 17.5 Å². The maximum Gasteiger partial charge on any atom is 0.525 e. The van der Waals surface area contributed by atoms with Crippen LogP contribution >= 0.6 is 0 Å². The maximum absolute atomic E-state index is 14.9. The van der Waals surface area contributed by atoms with Crippen molar-refractivity contribution in [1.82, 2.24) is 4.98 Å². The Kier molecular flexibility index (Phi) is 3.10. The molecule has 20 heavy (non-hydrogen) atoms. The Balaban J connectivity index is 1.95. The van der Waals surface area contributed by atoms with Gasteiger partial charge in [0.05, 0.1) is 11.2 Å². The van der Waals surface area contributed by atoms with Crippen LogP contribution in [0, 0.1) is 0 Å². The topological polar surface area (TPSA) is 34.2 Å². The quantitative estimate of drug-likeness (QED) is 0.795. The highest BCUT2D eigenvalue weighted by Gasteiger charge is 2.53. The average molecular weight is 277 g/mol.